The first-order valence-corrected chi connectivity index (χ1v) is 14.5. The zero-order valence-electron chi connectivity index (χ0n) is 23.1. The molecule has 2 atom stereocenters. The molecule has 1 aliphatic rings. The van der Waals surface area contributed by atoms with Crippen LogP contribution in [0.1, 0.15) is 52.0 Å². The van der Waals surface area contributed by atoms with Crippen LogP contribution in [0.25, 0.3) is 11.1 Å². The van der Waals surface area contributed by atoms with Crippen LogP contribution in [0.2, 0.25) is 10.0 Å². The van der Waals surface area contributed by atoms with Crippen LogP contribution in [0.4, 0.5) is 4.39 Å². The number of carboxylic acids is 1. The van der Waals surface area contributed by atoms with E-state index in [1.54, 1.807) is 30.3 Å². The van der Waals surface area contributed by atoms with Gasteiger partial charge >= 0.3 is 5.97 Å². The van der Waals surface area contributed by atoms with E-state index in [2.05, 4.69) is 15.6 Å². The number of ketones is 1. The second-order valence-electron chi connectivity index (χ2n) is 10.2. The third-order valence-corrected chi connectivity index (χ3v) is 7.59. The van der Waals surface area contributed by atoms with Crippen molar-refractivity contribution in [2.24, 2.45) is 4.99 Å². The first-order valence-electron chi connectivity index (χ1n) is 13.7. The van der Waals surface area contributed by atoms with Gasteiger partial charge in [-0.1, -0.05) is 65.7 Å². The molecule has 1 aliphatic heterocycles. The summed E-state index contributed by atoms with van der Waals surface area (Å²) in [4.78, 5) is 54.2. The zero-order valence-corrected chi connectivity index (χ0v) is 24.6. The number of nitrogens with zero attached hydrogens (tertiary/aromatic N) is 1. The van der Waals surface area contributed by atoms with Crippen LogP contribution in [0.15, 0.2) is 71.7 Å². The van der Waals surface area contributed by atoms with E-state index in [9.17, 15) is 28.7 Å². The molecule has 0 aromatic heterocycles. The predicted octanol–water partition coefficient (Wildman–Crippen LogP) is 5.74. The maximum atomic E-state index is 13.3. The standard InChI is InChI=1S/C32H30Cl2FN3O5/c33-26-15-22(20-6-2-1-3-7-20)16-27(34)29(26)31(41)38-28(32(42)43)12-11-25(39)18-37-30(40)21-8-4-5-19(13-21)14-24-10-9-23(35)17-36-24/h1-8,13,15-16,23,28H,9-12,14,17-18H2,(H,37,40)(H,38,41)(H,42,43)/t23?,28-/m1/s1. The van der Waals surface area contributed by atoms with Crippen LogP contribution in [0, 0.1) is 0 Å². The van der Waals surface area contributed by atoms with Gasteiger partial charge in [0, 0.05) is 24.1 Å². The molecular weight excluding hydrogens is 596 g/mol. The van der Waals surface area contributed by atoms with Crippen LogP contribution < -0.4 is 10.6 Å². The molecule has 0 aliphatic carbocycles. The Morgan fingerprint density at radius 1 is 0.953 bits per heavy atom. The third kappa shape index (κ3) is 8.95. The fourth-order valence-corrected chi connectivity index (χ4v) is 5.33. The summed E-state index contributed by atoms with van der Waals surface area (Å²) in [6, 6.07) is 17.9. The smallest absolute Gasteiger partial charge is 0.326 e. The SMILES string of the molecule is O=C(CC[C@@H](NC(=O)c1c(Cl)cc(-c2ccccc2)cc1Cl)C(=O)O)CNC(=O)c1cccc(CC2=NCC(F)CC2)c1. The first-order chi connectivity index (χ1) is 20.6. The number of carbonyl (C=O) groups is 4. The van der Waals surface area contributed by atoms with Gasteiger partial charge in [0.05, 0.1) is 28.7 Å². The fraction of sp³-hybridized carbons (Fsp3) is 0.281. The number of Topliss-reactive ketones (excluding diaryl/α,β-unsaturated/α-hetero) is 1. The molecule has 1 unspecified atom stereocenters. The van der Waals surface area contributed by atoms with Gasteiger partial charge < -0.3 is 15.7 Å². The number of carbonyl (C=O) groups excluding carboxylic acids is 3. The quantitative estimate of drug-likeness (QED) is 0.237. The minimum atomic E-state index is -1.39. The van der Waals surface area contributed by atoms with E-state index in [0.29, 0.717) is 30.4 Å². The minimum Gasteiger partial charge on any atom is -0.480 e. The number of rotatable bonds is 12. The highest BCUT2D eigenvalue weighted by molar-refractivity contribution is 6.40. The molecule has 0 saturated carbocycles. The Bertz CT molecular complexity index is 1520. The third-order valence-electron chi connectivity index (χ3n) is 6.99. The minimum absolute atomic E-state index is 0.0518. The molecule has 3 aromatic carbocycles. The van der Waals surface area contributed by atoms with E-state index in [4.69, 9.17) is 23.2 Å². The molecule has 224 valence electrons. The summed E-state index contributed by atoms with van der Waals surface area (Å²) in [6.07, 6.45) is 0.213. The Morgan fingerprint density at radius 2 is 1.67 bits per heavy atom. The van der Waals surface area contributed by atoms with Crippen LogP contribution in [0.5, 0.6) is 0 Å². The molecule has 0 spiro atoms. The largest absolute Gasteiger partial charge is 0.480 e. The number of alkyl halides is 1. The zero-order chi connectivity index (χ0) is 30.9. The van der Waals surface area contributed by atoms with Gasteiger partial charge in [-0.05, 0) is 60.2 Å². The van der Waals surface area contributed by atoms with Crippen LogP contribution >= 0.6 is 23.2 Å². The lowest BCUT2D eigenvalue weighted by atomic mass is 9.99. The fourth-order valence-electron chi connectivity index (χ4n) is 4.67. The Morgan fingerprint density at radius 3 is 2.33 bits per heavy atom. The second-order valence-corrected chi connectivity index (χ2v) is 11.0. The summed E-state index contributed by atoms with van der Waals surface area (Å²) < 4.78 is 13.3. The summed E-state index contributed by atoms with van der Waals surface area (Å²) in [5.74, 6) is -2.99. The van der Waals surface area contributed by atoms with Crippen molar-refractivity contribution in [1.82, 2.24) is 10.6 Å². The van der Waals surface area contributed by atoms with E-state index in [0.717, 1.165) is 16.8 Å². The van der Waals surface area contributed by atoms with E-state index in [1.165, 1.54) is 0 Å². The first kappa shape index (κ1) is 31.8. The molecule has 2 amide bonds. The Kier molecular flexibility index (Phi) is 11.0. The van der Waals surface area contributed by atoms with Crippen molar-refractivity contribution >= 4 is 52.5 Å². The van der Waals surface area contributed by atoms with Crippen molar-refractivity contribution in [3.63, 3.8) is 0 Å². The Balaban J connectivity index is 1.29. The van der Waals surface area contributed by atoms with Gasteiger partial charge in [0.2, 0.25) is 0 Å². The van der Waals surface area contributed by atoms with Crippen molar-refractivity contribution in [3.8, 4) is 11.1 Å². The van der Waals surface area contributed by atoms with Crippen LogP contribution in [0.3, 0.4) is 0 Å². The molecule has 3 N–H and O–H groups in total. The summed E-state index contributed by atoms with van der Waals surface area (Å²) in [5, 5.41) is 14.7. The molecule has 0 saturated heterocycles. The number of aliphatic carboxylic acids is 1. The number of carboxylic acid groups (broad SMARTS) is 1. The lowest BCUT2D eigenvalue weighted by Crippen LogP contribution is -2.41. The van der Waals surface area contributed by atoms with Crippen molar-refractivity contribution in [1.29, 1.82) is 0 Å². The molecule has 3 aromatic rings. The molecule has 0 radical (unpaired) electrons. The average molecular weight is 627 g/mol. The topological polar surface area (TPSA) is 125 Å². The Labute approximate surface area is 258 Å². The maximum absolute atomic E-state index is 13.3. The second kappa shape index (κ2) is 14.9. The number of hydrogen-bond donors (Lipinski definition) is 3. The van der Waals surface area contributed by atoms with E-state index < -0.39 is 35.8 Å². The number of aliphatic imine (C=N–C) groups is 1. The summed E-state index contributed by atoms with van der Waals surface area (Å²) >= 11 is 12.7. The summed E-state index contributed by atoms with van der Waals surface area (Å²) in [6.45, 7) is -0.153. The molecule has 1 heterocycles. The number of amides is 2. The summed E-state index contributed by atoms with van der Waals surface area (Å²) in [7, 11) is 0. The van der Waals surface area contributed by atoms with E-state index in [-0.39, 0.29) is 41.5 Å². The monoisotopic (exact) mass is 625 g/mol. The van der Waals surface area contributed by atoms with Crippen LogP contribution in [-0.2, 0) is 16.0 Å². The van der Waals surface area contributed by atoms with Crippen molar-refractivity contribution < 1.29 is 28.7 Å². The molecule has 8 nitrogen and oxygen atoms in total. The molecule has 11 heteroatoms. The number of nitrogens with one attached hydrogen (secondary N) is 2. The highest BCUT2D eigenvalue weighted by Crippen LogP contribution is 2.32. The number of halogens is 3. The maximum Gasteiger partial charge on any atom is 0.326 e. The van der Waals surface area contributed by atoms with Gasteiger partial charge in [-0.2, -0.15) is 0 Å². The average Bonchev–Trinajstić information content (AvgIpc) is 2.99. The van der Waals surface area contributed by atoms with Gasteiger partial charge in [-0.25, -0.2) is 9.18 Å². The molecule has 0 fully saturated rings. The van der Waals surface area contributed by atoms with Crippen LogP contribution in [-0.4, -0.2) is 59.7 Å². The van der Waals surface area contributed by atoms with Crippen molar-refractivity contribution in [3.05, 3.63) is 93.5 Å². The lowest BCUT2D eigenvalue weighted by Gasteiger charge is -2.16. The highest BCUT2D eigenvalue weighted by Gasteiger charge is 2.25. The van der Waals surface area contributed by atoms with E-state index >= 15 is 0 Å². The highest BCUT2D eigenvalue weighted by atomic mass is 35.5. The van der Waals surface area contributed by atoms with E-state index in [1.807, 2.05) is 36.4 Å². The number of benzene rings is 3. The molecule has 0 bridgehead atoms. The molecular formula is C32H30Cl2FN3O5. The van der Waals surface area contributed by atoms with Gasteiger partial charge in [-0.3, -0.25) is 19.4 Å². The normalized spacial score (nSPS) is 15.2. The molecule has 43 heavy (non-hydrogen) atoms. The van der Waals surface area contributed by atoms with Gasteiger partial charge in [0.15, 0.2) is 5.78 Å². The Hall–Kier alpha value is -4.08. The van der Waals surface area contributed by atoms with Crippen molar-refractivity contribution in [2.45, 2.75) is 44.3 Å². The lowest BCUT2D eigenvalue weighted by molar-refractivity contribution is -0.139. The summed E-state index contributed by atoms with van der Waals surface area (Å²) in [5.41, 5.74) is 3.55. The van der Waals surface area contributed by atoms with Crippen molar-refractivity contribution in [2.75, 3.05) is 13.1 Å². The van der Waals surface area contributed by atoms with Gasteiger partial charge in [-0.15, -0.1) is 0 Å². The molecule has 4 rings (SSSR count). The van der Waals surface area contributed by atoms with Gasteiger partial charge in [0.1, 0.15) is 12.2 Å². The number of hydrogen-bond acceptors (Lipinski definition) is 5. The predicted molar refractivity (Wildman–Crippen MR) is 164 cm³/mol. The van der Waals surface area contributed by atoms with Gasteiger partial charge in [0.25, 0.3) is 11.8 Å².